The zero-order chi connectivity index (χ0) is 17.7. The van der Waals surface area contributed by atoms with E-state index >= 15 is 0 Å². The van der Waals surface area contributed by atoms with Gasteiger partial charge >= 0.3 is 5.63 Å². The number of aryl methyl sites for hydroxylation is 1. The Morgan fingerprint density at radius 3 is 2.71 bits per heavy atom. The number of allylic oxidation sites excluding steroid dienone is 4. The number of hydrogen-bond acceptors (Lipinski definition) is 3. The van der Waals surface area contributed by atoms with Crippen LogP contribution >= 0.6 is 0 Å². The summed E-state index contributed by atoms with van der Waals surface area (Å²) >= 11 is 0. The highest BCUT2D eigenvalue weighted by molar-refractivity contribution is 5.21. The Balaban J connectivity index is 2.24. The standard InChI is InChI=1S/C21H30O3/c1-15(2)7-6-12-21(5,18-10-8-16(3)9-11-18)24-19-13-17(4)23-20(22)14-19/h7-8,13-14,18H,6,9-12H2,1-5H3/t18-,21-/m0/s1. The van der Waals surface area contributed by atoms with Gasteiger partial charge in [0.25, 0.3) is 0 Å². The summed E-state index contributed by atoms with van der Waals surface area (Å²) in [5.41, 5.74) is 2.15. The van der Waals surface area contributed by atoms with Crippen molar-refractivity contribution in [3.8, 4) is 5.75 Å². The lowest BCUT2D eigenvalue weighted by molar-refractivity contribution is 0.0125. The number of ether oxygens (including phenoxy) is 1. The summed E-state index contributed by atoms with van der Waals surface area (Å²) in [5.74, 6) is 1.66. The first-order valence-electron chi connectivity index (χ1n) is 8.88. The average Bonchev–Trinajstić information content (AvgIpc) is 2.46. The minimum absolute atomic E-state index is 0.288. The molecule has 0 fully saturated rings. The van der Waals surface area contributed by atoms with Crippen molar-refractivity contribution in [2.24, 2.45) is 5.92 Å². The van der Waals surface area contributed by atoms with E-state index in [2.05, 4.69) is 39.8 Å². The van der Waals surface area contributed by atoms with Crippen LogP contribution in [-0.2, 0) is 0 Å². The molecule has 3 nitrogen and oxygen atoms in total. The second kappa shape index (κ2) is 7.87. The molecule has 0 bridgehead atoms. The van der Waals surface area contributed by atoms with Crippen LogP contribution in [0.2, 0.25) is 0 Å². The molecule has 132 valence electrons. The van der Waals surface area contributed by atoms with Crippen molar-refractivity contribution >= 4 is 0 Å². The topological polar surface area (TPSA) is 39.4 Å². The third-order valence-corrected chi connectivity index (χ3v) is 4.91. The van der Waals surface area contributed by atoms with E-state index in [4.69, 9.17) is 9.15 Å². The molecule has 0 unspecified atom stereocenters. The minimum atomic E-state index is -0.351. The molecule has 1 aromatic heterocycles. The van der Waals surface area contributed by atoms with Gasteiger partial charge < -0.3 is 9.15 Å². The van der Waals surface area contributed by atoms with E-state index in [1.165, 1.54) is 17.2 Å². The molecular formula is C21H30O3. The van der Waals surface area contributed by atoms with Gasteiger partial charge in [-0.05, 0) is 66.7 Å². The van der Waals surface area contributed by atoms with Crippen LogP contribution in [-0.4, -0.2) is 5.60 Å². The fourth-order valence-electron chi connectivity index (χ4n) is 3.41. The highest BCUT2D eigenvalue weighted by atomic mass is 16.5. The van der Waals surface area contributed by atoms with Crippen LogP contribution in [0.1, 0.15) is 65.6 Å². The smallest absolute Gasteiger partial charge is 0.339 e. The molecule has 0 N–H and O–H groups in total. The lowest BCUT2D eigenvalue weighted by Crippen LogP contribution is -2.41. The van der Waals surface area contributed by atoms with E-state index < -0.39 is 0 Å². The van der Waals surface area contributed by atoms with E-state index in [0.717, 1.165) is 32.1 Å². The van der Waals surface area contributed by atoms with Gasteiger partial charge in [0.15, 0.2) is 0 Å². The lowest BCUT2D eigenvalue weighted by Gasteiger charge is -2.39. The fraction of sp³-hybridized carbons (Fsp3) is 0.571. The van der Waals surface area contributed by atoms with Crippen molar-refractivity contribution in [3.63, 3.8) is 0 Å². The Kier molecular flexibility index (Phi) is 6.09. The van der Waals surface area contributed by atoms with Gasteiger partial charge in [-0.15, -0.1) is 0 Å². The Labute approximate surface area is 145 Å². The summed E-state index contributed by atoms with van der Waals surface area (Å²) in [6.45, 7) is 10.4. The molecule has 3 heteroatoms. The van der Waals surface area contributed by atoms with Crippen molar-refractivity contribution in [3.05, 3.63) is 51.6 Å². The predicted octanol–water partition coefficient (Wildman–Crippen LogP) is 5.58. The summed E-state index contributed by atoms with van der Waals surface area (Å²) in [4.78, 5) is 11.7. The maximum absolute atomic E-state index is 11.7. The van der Waals surface area contributed by atoms with Gasteiger partial charge in [-0.25, -0.2) is 4.79 Å². The zero-order valence-electron chi connectivity index (χ0n) is 15.6. The highest BCUT2D eigenvalue weighted by Crippen LogP contribution is 2.38. The molecule has 2 atom stereocenters. The van der Waals surface area contributed by atoms with Crippen LogP contribution in [0.5, 0.6) is 5.75 Å². The first kappa shape index (κ1) is 18.6. The molecule has 1 aliphatic carbocycles. The van der Waals surface area contributed by atoms with Crippen LogP contribution in [0.25, 0.3) is 0 Å². The quantitative estimate of drug-likeness (QED) is 0.639. The Hall–Kier alpha value is -1.77. The van der Waals surface area contributed by atoms with Crippen molar-refractivity contribution in [2.45, 2.75) is 72.3 Å². The third-order valence-electron chi connectivity index (χ3n) is 4.91. The van der Waals surface area contributed by atoms with Crippen molar-refractivity contribution in [1.29, 1.82) is 0 Å². The normalized spacial score (nSPS) is 20.0. The molecule has 0 aromatic carbocycles. The van der Waals surface area contributed by atoms with Gasteiger partial charge in [-0.2, -0.15) is 0 Å². The van der Waals surface area contributed by atoms with Crippen LogP contribution < -0.4 is 10.4 Å². The molecule has 1 aliphatic rings. The first-order chi connectivity index (χ1) is 11.3. The van der Waals surface area contributed by atoms with Crippen LogP contribution in [0, 0.1) is 12.8 Å². The average molecular weight is 330 g/mol. The van der Waals surface area contributed by atoms with Gasteiger partial charge in [0.05, 0.1) is 6.07 Å². The van der Waals surface area contributed by atoms with Gasteiger partial charge in [0.2, 0.25) is 0 Å². The Morgan fingerprint density at radius 2 is 2.12 bits per heavy atom. The minimum Gasteiger partial charge on any atom is -0.487 e. The molecular weight excluding hydrogens is 300 g/mol. The number of hydrogen-bond donors (Lipinski definition) is 0. The molecule has 0 amide bonds. The van der Waals surface area contributed by atoms with E-state index in [-0.39, 0.29) is 11.2 Å². The fourth-order valence-corrected chi connectivity index (χ4v) is 3.41. The van der Waals surface area contributed by atoms with Gasteiger partial charge in [-0.1, -0.05) is 23.3 Å². The molecule has 0 saturated carbocycles. The van der Waals surface area contributed by atoms with E-state index in [1.54, 1.807) is 6.92 Å². The molecule has 1 aromatic rings. The molecule has 0 spiro atoms. The van der Waals surface area contributed by atoms with Crippen molar-refractivity contribution in [2.75, 3.05) is 0 Å². The second-order valence-electron chi connectivity index (χ2n) is 7.48. The molecule has 24 heavy (non-hydrogen) atoms. The molecule has 0 saturated heterocycles. The molecule has 0 aliphatic heterocycles. The third kappa shape index (κ3) is 5.12. The maximum atomic E-state index is 11.7. The van der Waals surface area contributed by atoms with Gasteiger partial charge in [-0.3, -0.25) is 0 Å². The zero-order valence-corrected chi connectivity index (χ0v) is 15.6. The first-order valence-corrected chi connectivity index (χ1v) is 8.88. The summed E-state index contributed by atoms with van der Waals surface area (Å²) in [7, 11) is 0. The van der Waals surface area contributed by atoms with Crippen molar-refractivity contribution < 1.29 is 9.15 Å². The van der Waals surface area contributed by atoms with E-state index in [9.17, 15) is 4.79 Å². The van der Waals surface area contributed by atoms with E-state index in [1.807, 2.05) is 6.07 Å². The van der Waals surface area contributed by atoms with Crippen LogP contribution in [0.3, 0.4) is 0 Å². The molecule has 2 rings (SSSR count). The summed E-state index contributed by atoms with van der Waals surface area (Å²) in [6.07, 6.45) is 9.82. The Morgan fingerprint density at radius 1 is 1.38 bits per heavy atom. The number of rotatable bonds is 6. The summed E-state index contributed by atoms with van der Waals surface area (Å²) in [5, 5.41) is 0. The molecule has 1 heterocycles. The van der Waals surface area contributed by atoms with Gasteiger partial charge in [0, 0.05) is 12.0 Å². The van der Waals surface area contributed by atoms with Crippen molar-refractivity contribution in [1.82, 2.24) is 0 Å². The largest absolute Gasteiger partial charge is 0.487 e. The highest BCUT2D eigenvalue weighted by Gasteiger charge is 2.36. The summed E-state index contributed by atoms with van der Waals surface area (Å²) in [6, 6.07) is 3.26. The monoisotopic (exact) mass is 330 g/mol. The maximum Gasteiger partial charge on any atom is 0.339 e. The SMILES string of the molecule is CC(C)=CCC[C@](C)(Oc1cc(C)oc(=O)c1)[C@H]1CC=C(C)CC1. The second-order valence-corrected chi connectivity index (χ2v) is 7.48. The lowest BCUT2D eigenvalue weighted by atomic mass is 9.76. The summed E-state index contributed by atoms with van der Waals surface area (Å²) < 4.78 is 11.5. The predicted molar refractivity (Wildman–Crippen MR) is 98.5 cm³/mol. The van der Waals surface area contributed by atoms with Crippen LogP contribution in [0.4, 0.5) is 0 Å². The van der Waals surface area contributed by atoms with E-state index in [0.29, 0.717) is 17.4 Å². The van der Waals surface area contributed by atoms with Gasteiger partial charge in [0.1, 0.15) is 17.1 Å². The Bertz CT molecular complexity index is 677. The van der Waals surface area contributed by atoms with Crippen LogP contribution in [0.15, 0.2) is 44.6 Å². The molecule has 0 radical (unpaired) electrons.